The number of carbonyl (C=O) groups excluding carboxylic acids is 1. The van der Waals surface area contributed by atoms with Crippen molar-refractivity contribution in [1.82, 2.24) is 15.1 Å². The fourth-order valence-corrected chi connectivity index (χ4v) is 1.57. The fourth-order valence-electron chi connectivity index (χ4n) is 1.57. The number of nitrogens with one attached hydrogen (secondary N) is 1. The number of rotatable bonds is 6. The Bertz CT molecular complexity index is 401. The third-order valence-electron chi connectivity index (χ3n) is 2.83. The number of carbonyl (C=O) groups is 2. The highest BCUT2D eigenvalue weighted by Gasteiger charge is 2.23. The molecule has 0 radical (unpaired) electrons. The van der Waals surface area contributed by atoms with E-state index in [1.165, 1.54) is 4.68 Å². The Hall–Kier alpha value is -1.85. The van der Waals surface area contributed by atoms with E-state index in [2.05, 4.69) is 10.4 Å². The molecule has 6 nitrogen and oxygen atoms in total. The molecule has 2 atom stereocenters. The molecule has 100 valence electrons. The van der Waals surface area contributed by atoms with Gasteiger partial charge in [-0.25, -0.2) is 0 Å². The zero-order valence-corrected chi connectivity index (χ0v) is 10.8. The minimum Gasteiger partial charge on any atom is -0.481 e. The maximum absolute atomic E-state index is 12.0. The number of hydrogen-bond acceptors (Lipinski definition) is 3. The molecule has 0 saturated carbocycles. The molecule has 0 fully saturated rings. The lowest BCUT2D eigenvalue weighted by Gasteiger charge is -2.22. The summed E-state index contributed by atoms with van der Waals surface area (Å²) < 4.78 is 1.54. The number of carboxylic acid groups (broad SMARTS) is 1. The second kappa shape index (κ2) is 6.18. The van der Waals surface area contributed by atoms with E-state index < -0.39 is 12.0 Å². The first-order valence-electron chi connectivity index (χ1n) is 5.93. The summed E-state index contributed by atoms with van der Waals surface area (Å²) in [6, 6.07) is 0.920. The van der Waals surface area contributed by atoms with Crippen molar-refractivity contribution in [3.05, 3.63) is 18.5 Å². The van der Waals surface area contributed by atoms with E-state index in [0.717, 1.165) is 0 Å². The van der Waals surface area contributed by atoms with Crippen LogP contribution < -0.4 is 5.32 Å². The van der Waals surface area contributed by atoms with Gasteiger partial charge in [-0.2, -0.15) is 5.10 Å². The van der Waals surface area contributed by atoms with Gasteiger partial charge in [0, 0.05) is 18.4 Å². The highest BCUT2D eigenvalue weighted by Crippen LogP contribution is 2.09. The smallest absolute Gasteiger partial charge is 0.305 e. The zero-order chi connectivity index (χ0) is 13.7. The molecular weight excluding hydrogens is 234 g/mol. The molecule has 2 N–H and O–H groups in total. The predicted octanol–water partition coefficient (Wildman–Crippen LogP) is 1.06. The average molecular weight is 253 g/mol. The molecule has 0 aliphatic heterocycles. The van der Waals surface area contributed by atoms with Crippen molar-refractivity contribution >= 4 is 11.9 Å². The summed E-state index contributed by atoms with van der Waals surface area (Å²) >= 11 is 0. The Kier molecular flexibility index (Phi) is 4.88. The number of nitrogens with zero attached hydrogens (tertiary/aromatic N) is 2. The van der Waals surface area contributed by atoms with Gasteiger partial charge in [-0.05, 0) is 18.9 Å². The van der Waals surface area contributed by atoms with E-state index in [4.69, 9.17) is 5.11 Å². The second-order valence-corrected chi connectivity index (χ2v) is 4.62. The minimum absolute atomic E-state index is 0.0647. The first-order chi connectivity index (χ1) is 8.41. The Morgan fingerprint density at radius 2 is 2.06 bits per heavy atom. The van der Waals surface area contributed by atoms with Gasteiger partial charge in [0.2, 0.25) is 5.91 Å². The van der Waals surface area contributed by atoms with Crippen molar-refractivity contribution in [2.45, 2.75) is 39.3 Å². The average Bonchev–Trinajstić information content (AvgIpc) is 2.79. The number of carboxylic acids is 1. The number of amides is 1. The zero-order valence-electron chi connectivity index (χ0n) is 10.8. The minimum atomic E-state index is -0.916. The van der Waals surface area contributed by atoms with Gasteiger partial charge in [-0.15, -0.1) is 0 Å². The normalized spacial score (nSPS) is 14.2. The van der Waals surface area contributed by atoms with Crippen LogP contribution in [0.3, 0.4) is 0 Å². The molecule has 1 aromatic heterocycles. The standard InChI is InChI=1S/C12H19N3O3/c1-8(2)10(7-11(16)17)14-12(18)9(3)15-6-4-5-13-15/h4-6,8-10H,7H2,1-3H3,(H,14,18)(H,16,17). The highest BCUT2D eigenvalue weighted by molar-refractivity contribution is 5.80. The summed E-state index contributed by atoms with van der Waals surface area (Å²) in [6.45, 7) is 5.49. The van der Waals surface area contributed by atoms with E-state index >= 15 is 0 Å². The van der Waals surface area contributed by atoms with Gasteiger partial charge < -0.3 is 10.4 Å². The van der Waals surface area contributed by atoms with Crippen molar-refractivity contribution in [1.29, 1.82) is 0 Å². The van der Waals surface area contributed by atoms with Crippen molar-refractivity contribution in [3.8, 4) is 0 Å². The first kappa shape index (κ1) is 14.2. The van der Waals surface area contributed by atoms with Gasteiger partial charge in [0.05, 0.1) is 6.42 Å². The van der Waals surface area contributed by atoms with E-state index in [-0.39, 0.29) is 24.3 Å². The van der Waals surface area contributed by atoms with E-state index in [1.807, 2.05) is 13.8 Å². The van der Waals surface area contributed by atoms with Crippen LogP contribution in [0.2, 0.25) is 0 Å². The number of aliphatic carboxylic acids is 1. The topological polar surface area (TPSA) is 84.2 Å². The van der Waals surface area contributed by atoms with Gasteiger partial charge in [0.25, 0.3) is 0 Å². The molecule has 1 rings (SSSR count). The maximum atomic E-state index is 12.0. The molecule has 0 saturated heterocycles. The number of hydrogen-bond donors (Lipinski definition) is 2. The van der Waals surface area contributed by atoms with Crippen LogP contribution in [0, 0.1) is 5.92 Å². The Morgan fingerprint density at radius 1 is 1.39 bits per heavy atom. The predicted molar refractivity (Wildman–Crippen MR) is 66.0 cm³/mol. The van der Waals surface area contributed by atoms with Crippen LogP contribution in [-0.4, -0.2) is 32.8 Å². The Morgan fingerprint density at radius 3 is 2.50 bits per heavy atom. The molecule has 2 unspecified atom stereocenters. The Labute approximate surface area is 106 Å². The third kappa shape index (κ3) is 3.87. The summed E-state index contributed by atoms with van der Waals surface area (Å²) in [7, 11) is 0. The number of aromatic nitrogens is 2. The largest absolute Gasteiger partial charge is 0.481 e. The van der Waals surface area contributed by atoms with Gasteiger partial charge in [0.15, 0.2) is 0 Å². The molecule has 18 heavy (non-hydrogen) atoms. The van der Waals surface area contributed by atoms with Crippen molar-refractivity contribution in [2.75, 3.05) is 0 Å². The van der Waals surface area contributed by atoms with E-state index in [9.17, 15) is 9.59 Å². The first-order valence-corrected chi connectivity index (χ1v) is 5.93. The summed E-state index contributed by atoms with van der Waals surface area (Å²) in [5.74, 6) is -1.07. The molecular formula is C12H19N3O3. The lowest BCUT2D eigenvalue weighted by molar-refractivity contribution is -0.138. The molecule has 1 amide bonds. The molecule has 0 aliphatic rings. The summed E-state index contributed by atoms with van der Waals surface area (Å²) in [5, 5.41) is 15.5. The van der Waals surface area contributed by atoms with Crippen LogP contribution in [0.15, 0.2) is 18.5 Å². The van der Waals surface area contributed by atoms with Crippen LogP contribution >= 0.6 is 0 Å². The Balaban J connectivity index is 2.63. The van der Waals surface area contributed by atoms with Gasteiger partial charge in [-0.1, -0.05) is 13.8 Å². The lowest BCUT2D eigenvalue weighted by atomic mass is 10.0. The van der Waals surface area contributed by atoms with Crippen LogP contribution in [0.5, 0.6) is 0 Å². The molecule has 6 heteroatoms. The molecule has 0 aromatic carbocycles. The van der Waals surface area contributed by atoms with E-state index in [1.54, 1.807) is 25.4 Å². The molecule has 1 aromatic rings. The van der Waals surface area contributed by atoms with Crippen molar-refractivity contribution in [3.63, 3.8) is 0 Å². The van der Waals surface area contributed by atoms with Crippen LogP contribution in [-0.2, 0) is 9.59 Å². The SMILES string of the molecule is CC(C)C(CC(=O)O)NC(=O)C(C)n1cccn1. The van der Waals surface area contributed by atoms with Gasteiger partial charge in [-0.3, -0.25) is 14.3 Å². The third-order valence-corrected chi connectivity index (χ3v) is 2.83. The molecule has 0 aliphatic carbocycles. The van der Waals surface area contributed by atoms with Crippen LogP contribution in [0.4, 0.5) is 0 Å². The van der Waals surface area contributed by atoms with Crippen molar-refractivity contribution < 1.29 is 14.7 Å². The van der Waals surface area contributed by atoms with Gasteiger partial charge >= 0.3 is 5.97 Å². The second-order valence-electron chi connectivity index (χ2n) is 4.62. The van der Waals surface area contributed by atoms with Gasteiger partial charge in [0.1, 0.15) is 6.04 Å². The van der Waals surface area contributed by atoms with Crippen LogP contribution in [0.25, 0.3) is 0 Å². The lowest BCUT2D eigenvalue weighted by Crippen LogP contribution is -2.43. The molecule has 0 spiro atoms. The van der Waals surface area contributed by atoms with Crippen molar-refractivity contribution in [2.24, 2.45) is 5.92 Å². The summed E-state index contributed by atoms with van der Waals surface area (Å²) in [4.78, 5) is 22.7. The maximum Gasteiger partial charge on any atom is 0.305 e. The summed E-state index contributed by atoms with van der Waals surface area (Å²) in [6.07, 6.45) is 3.22. The highest BCUT2D eigenvalue weighted by atomic mass is 16.4. The summed E-state index contributed by atoms with van der Waals surface area (Å²) in [5.41, 5.74) is 0. The monoisotopic (exact) mass is 253 g/mol. The van der Waals surface area contributed by atoms with Crippen LogP contribution in [0.1, 0.15) is 33.2 Å². The quantitative estimate of drug-likeness (QED) is 0.794. The van der Waals surface area contributed by atoms with E-state index in [0.29, 0.717) is 0 Å². The molecule has 1 heterocycles. The fraction of sp³-hybridized carbons (Fsp3) is 0.583. The molecule has 0 bridgehead atoms.